The van der Waals surface area contributed by atoms with Crippen LogP contribution in [0.2, 0.25) is 0 Å². The summed E-state index contributed by atoms with van der Waals surface area (Å²) in [6.07, 6.45) is 1.59. The Kier molecular flexibility index (Phi) is 3.20. The summed E-state index contributed by atoms with van der Waals surface area (Å²) in [5.41, 5.74) is 0.162. The monoisotopic (exact) mass is 288 g/mol. The normalized spacial score (nSPS) is 20.6. The Bertz CT molecular complexity index is 427. The molecule has 86 valence electrons. The average Bonchev–Trinajstić information content (AvgIpc) is 2.63. The van der Waals surface area contributed by atoms with Gasteiger partial charge in [-0.1, -0.05) is 0 Å². The minimum absolute atomic E-state index is 0.0642. The molecule has 1 aliphatic heterocycles. The van der Waals surface area contributed by atoms with Crippen molar-refractivity contribution in [3.05, 3.63) is 22.7 Å². The van der Waals surface area contributed by atoms with Crippen LogP contribution >= 0.6 is 15.9 Å². The molecule has 0 aliphatic carbocycles. The highest BCUT2D eigenvalue weighted by atomic mass is 79.9. The maximum Gasteiger partial charge on any atom is 0.236 e. The Balaban J connectivity index is 2.30. The standard InChI is InChI=1S/C10H10BrFN2O2/c11-7-2-8(10(12)13-3-7)14-4-6(5-15)1-9(14)16/h2-3,6,15H,1,4-5H2. The molecule has 0 saturated carbocycles. The van der Waals surface area contributed by atoms with Crippen molar-refractivity contribution in [2.45, 2.75) is 6.42 Å². The third kappa shape index (κ3) is 2.08. The van der Waals surface area contributed by atoms with Crippen molar-refractivity contribution < 1.29 is 14.3 Å². The fraction of sp³-hybridized carbons (Fsp3) is 0.400. The van der Waals surface area contributed by atoms with E-state index in [1.54, 1.807) is 0 Å². The van der Waals surface area contributed by atoms with E-state index >= 15 is 0 Å². The zero-order valence-electron chi connectivity index (χ0n) is 8.36. The molecule has 0 radical (unpaired) electrons. The number of amides is 1. The second-order valence-corrected chi connectivity index (χ2v) is 4.64. The number of carbonyl (C=O) groups excluding carboxylic acids is 1. The highest BCUT2D eigenvalue weighted by molar-refractivity contribution is 9.10. The minimum atomic E-state index is -0.671. The van der Waals surface area contributed by atoms with Crippen LogP contribution in [0.25, 0.3) is 0 Å². The van der Waals surface area contributed by atoms with Crippen molar-refractivity contribution >= 4 is 27.5 Å². The van der Waals surface area contributed by atoms with Crippen LogP contribution in [0.4, 0.5) is 10.1 Å². The lowest BCUT2D eigenvalue weighted by molar-refractivity contribution is -0.117. The summed E-state index contributed by atoms with van der Waals surface area (Å²) in [5, 5.41) is 8.97. The van der Waals surface area contributed by atoms with Gasteiger partial charge in [0, 0.05) is 36.2 Å². The van der Waals surface area contributed by atoms with Crippen molar-refractivity contribution in [2.24, 2.45) is 5.92 Å². The molecule has 1 atom stereocenters. The van der Waals surface area contributed by atoms with Crippen LogP contribution in [0, 0.1) is 11.9 Å². The zero-order valence-corrected chi connectivity index (χ0v) is 9.95. The molecular weight excluding hydrogens is 279 g/mol. The fourth-order valence-corrected chi connectivity index (χ4v) is 2.06. The van der Waals surface area contributed by atoms with Gasteiger partial charge >= 0.3 is 0 Å². The van der Waals surface area contributed by atoms with E-state index in [2.05, 4.69) is 20.9 Å². The van der Waals surface area contributed by atoms with Gasteiger partial charge < -0.3 is 10.0 Å². The SMILES string of the molecule is O=C1CC(CO)CN1c1cc(Br)cnc1F. The summed E-state index contributed by atoms with van der Waals surface area (Å²) in [6.45, 7) is 0.273. The van der Waals surface area contributed by atoms with Crippen molar-refractivity contribution in [1.82, 2.24) is 4.98 Å². The summed E-state index contributed by atoms with van der Waals surface area (Å²) in [5.74, 6) is -0.973. The molecule has 0 spiro atoms. The number of aliphatic hydroxyl groups excluding tert-OH is 1. The number of rotatable bonds is 2. The Morgan fingerprint density at radius 3 is 3.06 bits per heavy atom. The number of hydrogen-bond donors (Lipinski definition) is 1. The molecule has 2 heterocycles. The zero-order chi connectivity index (χ0) is 11.7. The van der Waals surface area contributed by atoms with Gasteiger partial charge in [0.05, 0.1) is 0 Å². The third-order valence-corrected chi connectivity index (χ3v) is 2.97. The summed E-state index contributed by atoms with van der Waals surface area (Å²) in [6, 6.07) is 1.51. The molecule has 0 aromatic carbocycles. The number of halogens is 2. The summed E-state index contributed by atoms with van der Waals surface area (Å²) >= 11 is 3.18. The van der Waals surface area contributed by atoms with E-state index in [1.807, 2.05) is 0 Å². The first-order chi connectivity index (χ1) is 7.61. The van der Waals surface area contributed by atoms with Gasteiger partial charge in [-0.05, 0) is 22.0 Å². The summed E-state index contributed by atoms with van der Waals surface area (Å²) in [4.78, 5) is 16.5. The first-order valence-corrected chi connectivity index (χ1v) is 5.63. The van der Waals surface area contributed by atoms with Crippen molar-refractivity contribution in [3.8, 4) is 0 Å². The predicted octanol–water partition coefficient (Wildman–Crippen LogP) is 1.33. The fourth-order valence-electron chi connectivity index (χ4n) is 1.74. The van der Waals surface area contributed by atoms with Crippen LogP contribution in [-0.2, 0) is 4.79 Å². The number of pyridine rings is 1. The third-order valence-electron chi connectivity index (χ3n) is 2.54. The number of nitrogens with zero attached hydrogens (tertiary/aromatic N) is 2. The number of aliphatic hydroxyl groups is 1. The van der Waals surface area contributed by atoms with Gasteiger partial charge in [-0.25, -0.2) is 4.98 Å². The van der Waals surface area contributed by atoms with Crippen LogP contribution in [0.1, 0.15) is 6.42 Å². The molecule has 1 N–H and O–H groups in total. The van der Waals surface area contributed by atoms with Gasteiger partial charge in [-0.15, -0.1) is 0 Å². The number of carbonyl (C=O) groups is 1. The molecule has 1 aliphatic rings. The van der Waals surface area contributed by atoms with Gasteiger partial charge in [0.25, 0.3) is 0 Å². The molecule has 1 saturated heterocycles. The Hall–Kier alpha value is -1.01. The van der Waals surface area contributed by atoms with E-state index in [0.717, 1.165) is 0 Å². The van der Waals surface area contributed by atoms with Crippen molar-refractivity contribution in [3.63, 3.8) is 0 Å². The lowest BCUT2D eigenvalue weighted by Gasteiger charge is -2.16. The van der Waals surface area contributed by atoms with Crippen LogP contribution in [0.5, 0.6) is 0 Å². The van der Waals surface area contributed by atoms with E-state index in [-0.39, 0.29) is 30.5 Å². The number of hydrogen-bond acceptors (Lipinski definition) is 3. The van der Waals surface area contributed by atoms with Crippen LogP contribution < -0.4 is 4.90 Å². The van der Waals surface area contributed by atoms with Gasteiger partial charge in [0.15, 0.2) is 0 Å². The van der Waals surface area contributed by atoms with Crippen molar-refractivity contribution in [1.29, 1.82) is 0 Å². The van der Waals surface area contributed by atoms with Crippen LogP contribution in [-0.4, -0.2) is 29.1 Å². The molecule has 6 heteroatoms. The molecule has 4 nitrogen and oxygen atoms in total. The highest BCUT2D eigenvalue weighted by Gasteiger charge is 2.31. The van der Waals surface area contributed by atoms with Gasteiger partial charge in [-0.2, -0.15) is 4.39 Å². The maximum atomic E-state index is 13.4. The topological polar surface area (TPSA) is 53.4 Å². The molecule has 2 rings (SSSR count). The van der Waals surface area contributed by atoms with Crippen LogP contribution in [0.15, 0.2) is 16.7 Å². The Morgan fingerprint density at radius 2 is 2.44 bits per heavy atom. The second-order valence-electron chi connectivity index (χ2n) is 3.72. The largest absolute Gasteiger partial charge is 0.396 e. The van der Waals surface area contributed by atoms with Gasteiger partial charge in [-0.3, -0.25) is 4.79 Å². The first-order valence-electron chi connectivity index (χ1n) is 4.84. The smallest absolute Gasteiger partial charge is 0.236 e. The predicted molar refractivity (Wildman–Crippen MR) is 59.4 cm³/mol. The average molecular weight is 289 g/mol. The van der Waals surface area contributed by atoms with Crippen LogP contribution in [0.3, 0.4) is 0 Å². The molecule has 1 unspecified atom stereocenters. The van der Waals surface area contributed by atoms with E-state index in [9.17, 15) is 9.18 Å². The van der Waals surface area contributed by atoms with E-state index in [1.165, 1.54) is 17.2 Å². The quantitative estimate of drug-likeness (QED) is 0.836. The molecule has 1 amide bonds. The molecule has 16 heavy (non-hydrogen) atoms. The molecule has 1 fully saturated rings. The first kappa shape index (κ1) is 11.5. The lowest BCUT2D eigenvalue weighted by atomic mass is 10.1. The molecule has 0 bridgehead atoms. The molecule has 1 aromatic rings. The second kappa shape index (κ2) is 4.47. The van der Waals surface area contributed by atoms with Crippen molar-refractivity contribution in [2.75, 3.05) is 18.1 Å². The van der Waals surface area contributed by atoms with Gasteiger partial charge in [0.1, 0.15) is 5.69 Å². The van der Waals surface area contributed by atoms with Gasteiger partial charge in [0.2, 0.25) is 11.9 Å². The summed E-state index contributed by atoms with van der Waals surface area (Å²) in [7, 11) is 0. The highest BCUT2D eigenvalue weighted by Crippen LogP contribution is 2.28. The molecule has 1 aromatic heterocycles. The number of aromatic nitrogens is 1. The molecular formula is C10H10BrFN2O2. The van der Waals surface area contributed by atoms with E-state index in [4.69, 9.17) is 5.11 Å². The minimum Gasteiger partial charge on any atom is -0.396 e. The summed E-state index contributed by atoms with van der Waals surface area (Å²) < 4.78 is 14.1. The number of anilines is 1. The van der Waals surface area contributed by atoms with E-state index in [0.29, 0.717) is 11.0 Å². The Labute approximate surface area is 100 Å². The lowest BCUT2D eigenvalue weighted by Crippen LogP contribution is -2.26. The maximum absolute atomic E-state index is 13.4. The Morgan fingerprint density at radius 1 is 1.69 bits per heavy atom. The van der Waals surface area contributed by atoms with E-state index < -0.39 is 5.95 Å².